The summed E-state index contributed by atoms with van der Waals surface area (Å²) in [6.45, 7) is 4.18. The van der Waals surface area contributed by atoms with Crippen LogP contribution in [0.3, 0.4) is 0 Å². The highest BCUT2D eigenvalue weighted by molar-refractivity contribution is 9.10. The van der Waals surface area contributed by atoms with Crippen LogP contribution in [0.4, 0.5) is 0 Å². The molecule has 0 radical (unpaired) electrons. The second kappa shape index (κ2) is 4.87. The zero-order valence-electron chi connectivity index (χ0n) is 9.66. The van der Waals surface area contributed by atoms with E-state index >= 15 is 0 Å². The van der Waals surface area contributed by atoms with Gasteiger partial charge in [-0.25, -0.2) is 4.98 Å². The Bertz CT molecular complexity index is 572. The third kappa shape index (κ3) is 3.06. The Labute approximate surface area is 107 Å². The average molecular weight is 297 g/mol. The van der Waals surface area contributed by atoms with Crippen molar-refractivity contribution in [3.05, 3.63) is 38.9 Å². The smallest absolute Gasteiger partial charge is 0.251 e. The second-order valence-electron chi connectivity index (χ2n) is 4.29. The van der Waals surface area contributed by atoms with E-state index in [9.17, 15) is 4.79 Å². The van der Waals surface area contributed by atoms with Crippen LogP contribution < -0.4 is 5.56 Å². The van der Waals surface area contributed by atoms with Crippen LogP contribution >= 0.6 is 15.9 Å². The molecular formula is C12H13BrN2O2. The number of hydrogen-bond acceptors (Lipinski definition) is 3. The zero-order chi connectivity index (χ0) is 12.4. The maximum Gasteiger partial charge on any atom is 0.251 e. The molecule has 2 aromatic rings. The van der Waals surface area contributed by atoms with Gasteiger partial charge in [0.1, 0.15) is 0 Å². The SMILES string of the molecule is CC(C)Cc1cc(=O)[nH]c(-c2ccc(Br)o2)n1. The van der Waals surface area contributed by atoms with Gasteiger partial charge in [-0.15, -0.1) is 0 Å². The Hall–Kier alpha value is -1.36. The van der Waals surface area contributed by atoms with Gasteiger partial charge in [0.2, 0.25) is 0 Å². The number of aromatic amines is 1. The third-order valence-corrected chi connectivity index (χ3v) is 2.64. The molecule has 17 heavy (non-hydrogen) atoms. The molecule has 1 N–H and O–H groups in total. The molecule has 2 aromatic heterocycles. The van der Waals surface area contributed by atoms with E-state index in [1.165, 1.54) is 6.07 Å². The molecule has 2 heterocycles. The molecule has 5 heteroatoms. The van der Waals surface area contributed by atoms with Gasteiger partial charge in [-0.1, -0.05) is 13.8 Å². The first-order valence-corrected chi connectivity index (χ1v) is 6.20. The molecule has 0 unspecified atom stereocenters. The van der Waals surface area contributed by atoms with E-state index in [-0.39, 0.29) is 5.56 Å². The first-order chi connectivity index (χ1) is 8.04. The van der Waals surface area contributed by atoms with Crippen LogP contribution in [0.25, 0.3) is 11.6 Å². The van der Waals surface area contributed by atoms with Crippen molar-refractivity contribution in [3.63, 3.8) is 0 Å². The molecule has 90 valence electrons. The molecule has 4 nitrogen and oxygen atoms in total. The van der Waals surface area contributed by atoms with Crippen molar-refractivity contribution in [2.75, 3.05) is 0 Å². The molecule has 0 spiro atoms. The van der Waals surface area contributed by atoms with Crippen molar-refractivity contribution >= 4 is 15.9 Å². The third-order valence-electron chi connectivity index (χ3n) is 2.22. The maximum atomic E-state index is 11.5. The highest BCUT2D eigenvalue weighted by atomic mass is 79.9. The summed E-state index contributed by atoms with van der Waals surface area (Å²) in [5.41, 5.74) is 0.629. The average Bonchev–Trinajstić information content (AvgIpc) is 2.62. The number of furan rings is 1. The first-order valence-electron chi connectivity index (χ1n) is 5.40. The largest absolute Gasteiger partial charge is 0.446 e. The molecule has 0 saturated heterocycles. The van der Waals surface area contributed by atoms with E-state index < -0.39 is 0 Å². The van der Waals surface area contributed by atoms with Gasteiger partial charge in [0, 0.05) is 11.8 Å². The fourth-order valence-corrected chi connectivity index (χ4v) is 1.90. The second-order valence-corrected chi connectivity index (χ2v) is 5.07. The van der Waals surface area contributed by atoms with Crippen molar-refractivity contribution < 1.29 is 4.42 Å². The van der Waals surface area contributed by atoms with Gasteiger partial charge >= 0.3 is 0 Å². The molecule has 0 aliphatic carbocycles. The lowest BCUT2D eigenvalue weighted by atomic mass is 10.1. The van der Waals surface area contributed by atoms with Crippen molar-refractivity contribution in [1.29, 1.82) is 0 Å². The normalized spacial score (nSPS) is 11.1. The molecule has 2 rings (SSSR count). The minimum Gasteiger partial charge on any atom is -0.446 e. The van der Waals surface area contributed by atoms with Crippen molar-refractivity contribution in [2.24, 2.45) is 5.92 Å². The zero-order valence-corrected chi connectivity index (χ0v) is 11.2. The Morgan fingerprint density at radius 2 is 2.24 bits per heavy atom. The predicted molar refractivity (Wildman–Crippen MR) is 68.8 cm³/mol. The highest BCUT2D eigenvalue weighted by Crippen LogP contribution is 2.21. The van der Waals surface area contributed by atoms with Gasteiger partial charge in [-0.05, 0) is 40.4 Å². The summed E-state index contributed by atoms with van der Waals surface area (Å²) in [5, 5.41) is 0. The van der Waals surface area contributed by atoms with Crippen LogP contribution in [-0.4, -0.2) is 9.97 Å². The van der Waals surface area contributed by atoms with Gasteiger partial charge in [0.15, 0.2) is 16.3 Å². The lowest BCUT2D eigenvalue weighted by Crippen LogP contribution is -2.11. The topological polar surface area (TPSA) is 58.9 Å². The van der Waals surface area contributed by atoms with E-state index in [4.69, 9.17) is 4.42 Å². The summed E-state index contributed by atoms with van der Waals surface area (Å²) in [6, 6.07) is 5.06. The summed E-state index contributed by atoms with van der Waals surface area (Å²) in [4.78, 5) is 18.6. The molecule has 0 saturated carbocycles. The summed E-state index contributed by atoms with van der Waals surface area (Å²) in [7, 11) is 0. The molecule has 0 amide bonds. The number of hydrogen-bond donors (Lipinski definition) is 1. The molecule has 0 aromatic carbocycles. The quantitative estimate of drug-likeness (QED) is 0.947. The van der Waals surface area contributed by atoms with Gasteiger partial charge in [-0.3, -0.25) is 4.79 Å². The lowest BCUT2D eigenvalue weighted by Gasteiger charge is -2.04. The minimum absolute atomic E-state index is 0.154. The monoisotopic (exact) mass is 296 g/mol. The van der Waals surface area contributed by atoms with Gasteiger partial charge in [0.05, 0.1) is 0 Å². The van der Waals surface area contributed by atoms with Crippen molar-refractivity contribution in [2.45, 2.75) is 20.3 Å². The Balaban J connectivity index is 2.41. The Morgan fingerprint density at radius 1 is 1.47 bits per heavy atom. The standard InChI is InChI=1S/C12H13BrN2O2/c1-7(2)5-8-6-11(16)15-12(14-8)9-3-4-10(13)17-9/h3-4,6-7H,5H2,1-2H3,(H,14,15,16). The number of nitrogens with one attached hydrogen (secondary N) is 1. The number of halogens is 1. The maximum absolute atomic E-state index is 11.5. The molecule has 0 bridgehead atoms. The van der Waals surface area contributed by atoms with Crippen LogP contribution in [0.15, 0.2) is 32.1 Å². The molecular weight excluding hydrogens is 284 g/mol. The van der Waals surface area contributed by atoms with E-state index in [1.807, 2.05) is 0 Å². The number of aromatic nitrogens is 2. The van der Waals surface area contributed by atoms with Crippen LogP contribution in [-0.2, 0) is 6.42 Å². The summed E-state index contributed by atoms with van der Waals surface area (Å²) in [5.74, 6) is 1.49. The van der Waals surface area contributed by atoms with Crippen LogP contribution in [0.5, 0.6) is 0 Å². The molecule has 0 aliphatic heterocycles. The Kier molecular flexibility index (Phi) is 3.47. The van der Waals surface area contributed by atoms with E-state index in [2.05, 4.69) is 39.7 Å². The van der Waals surface area contributed by atoms with Crippen LogP contribution in [0.1, 0.15) is 19.5 Å². The van der Waals surface area contributed by atoms with Gasteiger partial charge in [-0.2, -0.15) is 0 Å². The summed E-state index contributed by atoms with van der Waals surface area (Å²) in [6.07, 6.45) is 0.777. The number of nitrogens with zero attached hydrogens (tertiary/aromatic N) is 1. The van der Waals surface area contributed by atoms with Crippen molar-refractivity contribution in [1.82, 2.24) is 9.97 Å². The molecule has 0 aliphatic rings. The molecule has 0 atom stereocenters. The van der Waals surface area contributed by atoms with Gasteiger partial charge in [0.25, 0.3) is 5.56 Å². The van der Waals surface area contributed by atoms with Gasteiger partial charge < -0.3 is 9.40 Å². The van der Waals surface area contributed by atoms with E-state index in [1.54, 1.807) is 12.1 Å². The van der Waals surface area contributed by atoms with Crippen molar-refractivity contribution in [3.8, 4) is 11.6 Å². The summed E-state index contributed by atoms with van der Waals surface area (Å²) < 4.78 is 5.98. The summed E-state index contributed by atoms with van der Waals surface area (Å²) >= 11 is 3.22. The first kappa shape index (κ1) is 12.1. The van der Waals surface area contributed by atoms with E-state index in [0.29, 0.717) is 22.2 Å². The Morgan fingerprint density at radius 3 is 2.82 bits per heavy atom. The lowest BCUT2D eigenvalue weighted by molar-refractivity contribution is 0.549. The van der Waals surface area contributed by atoms with E-state index in [0.717, 1.165) is 12.1 Å². The fourth-order valence-electron chi connectivity index (χ4n) is 1.59. The predicted octanol–water partition coefficient (Wildman–Crippen LogP) is 2.99. The fraction of sp³-hybridized carbons (Fsp3) is 0.333. The minimum atomic E-state index is -0.154. The number of rotatable bonds is 3. The molecule has 0 fully saturated rings. The van der Waals surface area contributed by atoms with Crippen LogP contribution in [0.2, 0.25) is 0 Å². The number of H-pyrrole nitrogens is 1. The highest BCUT2D eigenvalue weighted by Gasteiger charge is 2.09. The van der Waals surface area contributed by atoms with Crippen LogP contribution in [0, 0.1) is 5.92 Å².